The van der Waals surface area contributed by atoms with Crippen molar-refractivity contribution in [1.29, 1.82) is 0 Å². The van der Waals surface area contributed by atoms with Crippen molar-refractivity contribution in [3.8, 4) is 5.75 Å². The summed E-state index contributed by atoms with van der Waals surface area (Å²) < 4.78 is 6.06. The summed E-state index contributed by atoms with van der Waals surface area (Å²) >= 11 is 0. The maximum atomic E-state index is 6.06. The molecule has 0 heterocycles. The Labute approximate surface area is 136 Å². The quantitative estimate of drug-likeness (QED) is 0.830. The van der Waals surface area contributed by atoms with Crippen molar-refractivity contribution in [2.45, 2.75) is 84.9 Å². The second-order valence-electron chi connectivity index (χ2n) is 9.01. The van der Waals surface area contributed by atoms with Crippen molar-refractivity contribution in [3.05, 3.63) is 29.8 Å². The van der Waals surface area contributed by atoms with E-state index in [0.29, 0.717) is 17.6 Å². The van der Waals surface area contributed by atoms with E-state index in [0.717, 1.165) is 25.0 Å². The lowest BCUT2D eigenvalue weighted by Gasteiger charge is -2.40. The zero-order chi connectivity index (χ0) is 16.4. The molecule has 1 fully saturated rings. The van der Waals surface area contributed by atoms with Gasteiger partial charge in [0.1, 0.15) is 11.9 Å². The first-order valence-corrected chi connectivity index (χ1v) is 8.64. The lowest BCUT2D eigenvalue weighted by molar-refractivity contribution is 0.0734. The molecule has 0 aliphatic heterocycles. The van der Waals surface area contributed by atoms with E-state index >= 15 is 0 Å². The van der Waals surface area contributed by atoms with Crippen molar-refractivity contribution in [1.82, 2.24) is 5.32 Å². The molecule has 1 saturated carbocycles. The van der Waals surface area contributed by atoms with E-state index in [1.54, 1.807) is 0 Å². The molecule has 0 atom stereocenters. The van der Waals surface area contributed by atoms with Gasteiger partial charge in [-0.05, 0) is 69.6 Å². The molecule has 1 aliphatic rings. The molecule has 2 heteroatoms. The van der Waals surface area contributed by atoms with Crippen LogP contribution in [0.5, 0.6) is 5.75 Å². The average molecular weight is 303 g/mol. The molecular formula is C20H33NO. The van der Waals surface area contributed by atoms with Gasteiger partial charge in [0.15, 0.2) is 0 Å². The van der Waals surface area contributed by atoms with E-state index in [1.165, 1.54) is 12.0 Å². The van der Waals surface area contributed by atoms with Gasteiger partial charge in [-0.3, -0.25) is 0 Å². The van der Waals surface area contributed by atoms with E-state index < -0.39 is 0 Å². The summed E-state index contributed by atoms with van der Waals surface area (Å²) in [5, 5.41) is 3.63. The summed E-state index contributed by atoms with van der Waals surface area (Å²) in [5.41, 5.74) is 2.00. The van der Waals surface area contributed by atoms with Gasteiger partial charge in [-0.1, -0.05) is 32.9 Å². The Bertz CT molecular complexity index is 458. The van der Waals surface area contributed by atoms with Crippen LogP contribution in [0.3, 0.4) is 0 Å². The van der Waals surface area contributed by atoms with Crippen LogP contribution in [0.15, 0.2) is 24.3 Å². The summed E-state index contributed by atoms with van der Waals surface area (Å²) in [4.78, 5) is 0. The zero-order valence-corrected chi connectivity index (χ0v) is 15.2. The van der Waals surface area contributed by atoms with Gasteiger partial charge < -0.3 is 10.1 Å². The topological polar surface area (TPSA) is 21.3 Å². The zero-order valence-electron chi connectivity index (χ0n) is 15.2. The number of hydrogen-bond acceptors (Lipinski definition) is 2. The highest BCUT2D eigenvalue weighted by Gasteiger charge is 2.33. The lowest BCUT2D eigenvalue weighted by atomic mass is 9.87. The maximum absolute atomic E-state index is 6.06. The first-order chi connectivity index (χ1) is 10.1. The second kappa shape index (κ2) is 6.62. The Hall–Kier alpha value is -1.02. The molecule has 124 valence electrons. The third-order valence-electron chi connectivity index (χ3n) is 4.12. The van der Waals surface area contributed by atoms with E-state index in [9.17, 15) is 0 Å². The maximum Gasteiger partial charge on any atom is 0.119 e. The van der Waals surface area contributed by atoms with Gasteiger partial charge in [-0.15, -0.1) is 0 Å². The summed E-state index contributed by atoms with van der Waals surface area (Å²) in [6.45, 7) is 13.5. The minimum atomic E-state index is 0.199. The molecule has 0 unspecified atom stereocenters. The fourth-order valence-electron chi connectivity index (χ4n) is 2.84. The number of nitrogens with one attached hydrogen (secondary N) is 1. The summed E-state index contributed by atoms with van der Waals surface area (Å²) in [6.07, 6.45) is 4.97. The van der Waals surface area contributed by atoms with Crippen LogP contribution in [0.4, 0.5) is 0 Å². The Morgan fingerprint density at radius 1 is 1.00 bits per heavy atom. The predicted octanol–water partition coefficient (Wildman–Crippen LogP) is 4.96. The molecule has 0 radical (unpaired) electrons. The minimum Gasteiger partial charge on any atom is -0.490 e. The van der Waals surface area contributed by atoms with Crippen molar-refractivity contribution in [3.63, 3.8) is 0 Å². The van der Waals surface area contributed by atoms with Crippen molar-refractivity contribution in [2.75, 3.05) is 0 Å². The van der Waals surface area contributed by atoms with E-state index in [4.69, 9.17) is 4.74 Å². The normalized spacial score (nSPS) is 22.3. The van der Waals surface area contributed by atoms with Crippen molar-refractivity contribution < 1.29 is 4.74 Å². The molecule has 0 bridgehead atoms. The Balaban J connectivity index is 1.74. The molecule has 0 saturated heterocycles. The van der Waals surface area contributed by atoms with Crippen LogP contribution in [0, 0.1) is 5.41 Å². The number of hydrogen-bond donors (Lipinski definition) is 1. The fourth-order valence-corrected chi connectivity index (χ4v) is 2.84. The summed E-state index contributed by atoms with van der Waals surface area (Å²) in [6, 6.07) is 9.29. The molecule has 2 nitrogen and oxygen atoms in total. The third kappa shape index (κ3) is 6.00. The summed E-state index contributed by atoms with van der Waals surface area (Å²) in [7, 11) is 0. The largest absolute Gasteiger partial charge is 0.490 e. The Kier molecular flexibility index (Phi) is 5.21. The highest BCUT2D eigenvalue weighted by atomic mass is 16.5. The van der Waals surface area contributed by atoms with Crippen LogP contribution < -0.4 is 10.1 Å². The molecule has 22 heavy (non-hydrogen) atoms. The van der Waals surface area contributed by atoms with Gasteiger partial charge in [0.25, 0.3) is 0 Å². The molecule has 1 N–H and O–H groups in total. The molecule has 1 aliphatic carbocycles. The predicted molar refractivity (Wildman–Crippen MR) is 94.5 cm³/mol. The lowest BCUT2D eigenvalue weighted by Crippen LogP contribution is -2.53. The average Bonchev–Trinajstić information content (AvgIpc) is 2.33. The van der Waals surface area contributed by atoms with Gasteiger partial charge in [-0.25, -0.2) is 0 Å². The Morgan fingerprint density at radius 3 is 2.09 bits per heavy atom. The van der Waals surface area contributed by atoms with E-state index in [-0.39, 0.29) is 5.54 Å². The number of aryl methyl sites for hydroxylation is 1. The Morgan fingerprint density at radius 2 is 1.59 bits per heavy atom. The monoisotopic (exact) mass is 303 g/mol. The molecular weight excluding hydrogens is 270 g/mol. The molecule has 0 amide bonds. The molecule has 1 aromatic carbocycles. The van der Waals surface area contributed by atoms with Crippen LogP contribution in [0.1, 0.15) is 66.4 Å². The first-order valence-electron chi connectivity index (χ1n) is 8.64. The van der Waals surface area contributed by atoms with Crippen molar-refractivity contribution in [2.24, 2.45) is 5.41 Å². The fraction of sp³-hybridized carbons (Fsp3) is 0.700. The molecule has 0 aromatic heterocycles. The standard InChI is InChI=1S/C20H33NO/c1-19(2,3)12-11-15-7-9-17(10-8-15)22-18-13-16(14-18)21-20(4,5)6/h7-10,16,18,21H,11-14H2,1-6H3/t16-,18+. The molecule has 0 spiro atoms. The summed E-state index contributed by atoms with van der Waals surface area (Å²) in [5.74, 6) is 1.01. The van der Waals surface area contributed by atoms with Gasteiger partial charge in [0, 0.05) is 11.6 Å². The van der Waals surface area contributed by atoms with Crippen LogP contribution in [0.25, 0.3) is 0 Å². The van der Waals surface area contributed by atoms with Gasteiger partial charge in [0.2, 0.25) is 0 Å². The number of rotatable bonds is 5. The second-order valence-corrected chi connectivity index (χ2v) is 9.01. The van der Waals surface area contributed by atoms with Crippen LogP contribution in [0.2, 0.25) is 0 Å². The van der Waals surface area contributed by atoms with E-state index in [1.807, 2.05) is 0 Å². The van der Waals surface area contributed by atoms with Gasteiger partial charge in [-0.2, -0.15) is 0 Å². The number of benzene rings is 1. The minimum absolute atomic E-state index is 0.199. The number of ether oxygens (including phenoxy) is 1. The van der Waals surface area contributed by atoms with Crippen molar-refractivity contribution >= 4 is 0 Å². The molecule has 2 rings (SSSR count). The van der Waals surface area contributed by atoms with E-state index in [2.05, 4.69) is 71.1 Å². The highest BCUT2D eigenvalue weighted by molar-refractivity contribution is 5.28. The third-order valence-corrected chi connectivity index (χ3v) is 4.12. The highest BCUT2D eigenvalue weighted by Crippen LogP contribution is 2.28. The van der Waals surface area contributed by atoms with Crippen LogP contribution in [-0.4, -0.2) is 17.7 Å². The smallest absolute Gasteiger partial charge is 0.119 e. The van der Waals surface area contributed by atoms with Gasteiger partial charge in [0.05, 0.1) is 0 Å². The SMILES string of the molecule is CC(C)(C)CCc1ccc(O[C@H]2C[C@@H](NC(C)(C)C)C2)cc1. The van der Waals surface area contributed by atoms with Gasteiger partial charge >= 0.3 is 0 Å². The van der Waals surface area contributed by atoms with Crippen LogP contribution in [-0.2, 0) is 6.42 Å². The molecule has 1 aromatic rings. The van der Waals surface area contributed by atoms with Crippen LogP contribution >= 0.6 is 0 Å². The first kappa shape index (κ1) is 17.3.